The lowest BCUT2D eigenvalue weighted by molar-refractivity contribution is 0.0900. The summed E-state index contributed by atoms with van der Waals surface area (Å²) in [5, 5.41) is 2.23. The summed E-state index contributed by atoms with van der Waals surface area (Å²) in [6.07, 6.45) is 1.11. The Morgan fingerprint density at radius 3 is 2.94 bits per heavy atom. The molecule has 2 nitrogen and oxygen atoms in total. The van der Waals surface area contributed by atoms with Gasteiger partial charge in [-0.25, -0.2) is 0 Å². The molecule has 1 aromatic rings. The van der Waals surface area contributed by atoms with E-state index in [1.54, 1.807) is 11.3 Å². The summed E-state index contributed by atoms with van der Waals surface area (Å²) >= 11 is 5.27. The number of hydrogen-bond acceptors (Lipinski definition) is 3. The molecule has 1 unspecified atom stereocenters. The second kappa shape index (κ2) is 4.77. The van der Waals surface area contributed by atoms with Gasteiger partial charge in [0.2, 0.25) is 0 Å². The maximum absolute atomic E-state index is 6.14. The molecule has 0 aromatic carbocycles. The van der Waals surface area contributed by atoms with Gasteiger partial charge in [0.25, 0.3) is 0 Å². The van der Waals surface area contributed by atoms with Crippen molar-refractivity contribution in [2.75, 3.05) is 13.1 Å². The van der Waals surface area contributed by atoms with Crippen LogP contribution in [-0.2, 0) is 6.54 Å². The molecule has 1 atom stereocenters. The highest BCUT2D eigenvalue weighted by Gasteiger charge is 2.33. The zero-order valence-corrected chi connectivity index (χ0v) is 12.3. The number of rotatable bonds is 2. The van der Waals surface area contributed by atoms with Crippen molar-refractivity contribution in [2.24, 2.45) is 11.1 Å². The van der Waals surface area contributed by atoms with E-state index in [0.29, 0.717) is 6.04 Å². The number of hydrogen-bond donors (Lipinski definition) is 1. The first-order valence-corrected chi connectivity index (χ1v) is 7.35. The molecular weight excluding hydrogens is 284 g/mol. The first-order chi connectivity index (χ1) is 7.47. The van der Waals surface area contributed by atoms with E-state index in [1.807, 2.05) is 0 Å². The molecule has 0 radical (unpaired) electrons. The van der Waals surface area contributed by atoms with Crippen molar-refractivity contribution in [3.8, 4) is 0 Å². The zero-order chi connectivity index (χ0) is 11.8. The van der Waals surface area contributed by atoms with Crippen molar-refractivity contribution in [2.45, 2.75) is 32.9 Å². The summed E-state index contributed by atoms with van der Waals surface area (Å²) in [7, 11) is 0. The molecule has 4 heteroatoms. The van der Waals surface area contributed by atoms with E-state index in [0.717, 1.165) is 26.1 Å². The molecule has 90 valence electrons. The summed E-state index contributed by atoms with van der Waals surface area (Å²) in [5.74, 6) is 0. The first kappa shape index (κ1) is 12.6. The average Bonchev–Trinajstić information content (AvgIpc) is 2.57. The van der Waals surface area contributed by atoms with E-state index < -0.39 is 0 Å². The van der Waals surface area contributed by atoms with Crippen molar-refractivity contribution in [1.29, 1.82) is 0 Å². The summed E-state index contributed by atoms with van der Waals surface area (Å²) in [6.45, 7) is 7.82. The van der Waals surface area contributed by atoms with E-state index >= 15 is 0 Å². The minimum Gasteiger partial charge on any atom is -0.327 e. The number of piperidine rings is 1. The van der Waals surface area contributed by atoms with Crippen LogP contribution in [-0.4, -0.2) is 24.0 Å². The average molecular weight is 303 g/mol. The van der Waals surface area contributed by atoms with Gasteiger partial charge in [-0.3, -0.25) is 4.90 Å². The van der Waals surface area contributed by atoms with Crippen LogP contribution in [0.15, 0.2) is 15.2 Å². The Balaban J connectivity index is 1.97. The molecule has 0 saturated carbocycles. The highest BCUT2D eigenvalue weighted by atomic mass is 79.9. The van der Waals surface area contributed by atoms with Gasteiger partial charge in [0.1, 0.15) is 0 Å². The molecule has 2 N–H and O–H groups in total. The molecule has 2 heterocycles. The lowest BCUT2D eigenvalue weighted by atomic mass is 9.79. The highest BCUT2D eigenvalue weighted by Crippen LogP contribution is 2.29. The highest BCUT2D eigenvalue weighted by molar-refractivity contribution is 9.11. The molecule has 1 saturated heterocycles. The van der Waals surface area contributed by atoms with Crippen LogP contribution in [0, 0.1) is 5.41 Å². The maximum atomic E-state index is 6.14. The minimum absolute atomic E-state index is 0.242. The SMILES string of the molecule is CC1(C)CN(Cc2csc(Br)c2)CCC1N. The van der Waals surface area contributed by atoms with Crippen LogP contribution in [0.25, 0.3) is 0 Å². The van der Waals surface area contributed by atoms with Crippen LogP contribution in [0.3, 0.4) is 0 Å². The molecule has 0 spiro atoms. The normalized spacial score (nSPS) is 25.9. The zero-order valence-electron chi connectivity index (χ0n) is 9.87. The molecule has 16 heavy (non-hydrogen) atoms. The molecule has 1 fully saturated rings. The van der Waals surface area contributed by atoms with Gasteiger partial charge in [0, 0.05) is 25.7 Å². The van der Waals surface area contributed by atoms with Crippen molar-refractivity contribution in [3.63, 3.8) is 0 Å². The van der Waals surface area contributed by atoms with Crippen LogP contribution in [0.1, 0.15) is 25.8 Å². The smallest absolute Gasteiger partial charge is 0.0701 e. The molecule has 1 aromatic heterocycles. The second-order valence-electron chi connectivity index (χ2n) is 5.35. The molecule has 0 bridgehead atoms. The lowest BCUT2D eigenvalue weighted by Crippen LogP contribution is -2.51. The Morgan fingerprint density at radius 1 is 1.62 bits per heavy atom. The molecule has 0 aliphatic carbocycles. The van der Waals surface area contributed by atoms with Crippen molar-refractivity contribution in [3.05, 3.63) is 20.8 Å². The Morgan fingerprint density at radius 2 is 2.38 bits per heavy atom. The summed E-state index contributed by atoms with van der Waals surface area (Å²) in [4.78, 5) is 2.51. The number of halogens is 1. The predicted molar refractivity (Wildman–Crippen MR) is 73.7 cm³/mol. The second-order valence-corrected chi connectivity index (χ2v) is 7.64. The van der Waals surface area contributed by atoms with E-state index in [2.05, 4.69) is 46.1 Å². The Labute approximate surface area is 110 Å². The fourth-order valence-electron chi connectivity index (χ4n) is 2.31. The molecule has 0 amide bonds. The number of thiophene rings is 1. The number of likely N-dealkylation sites (tertiary alicyclic amines) is 1. The fraction of sp³-hybridized carbons (Fsp3) is 0.667. The third kappa shape index (κ3) is 2.86. The fourth-order valence-corrected chi connectivity index (χ4v) is 3.51. The van der Waals surface area contributed by atoms with Crippen LogP contribution >= 0.6 is 27.3 Å². The van der Waals surface area contributed by atoms with Gasteiger partial charge in [0.05, 0.1) is 3.79 Å². The van der Waals surface area contributed by atoms with Gasteiger partial charge in [-0.15, -0.1) is 11.3 Å². The Hall–Kier alpha value is 0.1000. The molecule has 1 aliphatic rings. The van der Waals surface area contributed by atoms with Crippen molar-refractivity contribution in [1.82, 2.24) is 4.90 Å². The number of nitrogens with zero attached hydrogens (tertiary/aromatic N) is 1. The lowest BCUT2D eigenvalue weighted by Gasteiger charge is -2.42. The standard InChI is InChI=1S/C12H19BrN2S/c1-12(2)8-15(4-3-10(12)14)6-9-5-11(13)16-7-9/h5,7,10H,3-4,6,8,14H2,1-2H3. The van der Waals surface area contributed by atoms with Crippen LogP contribution in [0.5, 0.6) is 0 Å². The largest absolute Gasteiger partial charge is 0.327 e. The Kier molecular flexibility index (Phi) is 3.74. The maximum Gasteiger partial charge on any atom is 0.0701 e. The van der Waals surface area contributed by atoms with E-state index in [-0.39, 0.29) is 5.41 Å². The van der Waals surface area contributed by atoms with Crippen LogP contribution in [0.4, 0.5) is 0 Å². The van der Waals surface area contributed by atoms with Gasteiger partial charge in [-0.1, -0.05) is 13.8 Å². The third-order valence-corrected chi connectivity index (χ3v) is 4.97. The van der Waals surface area contributed by atoms with Crippen molar-refractivity contribution < 1.29 is 0 Å². The van der Waals surface area contributed by atoms with Gasteiger partial charge >= 0.3 is 0 Å². The number of nitrogens with two attached hydrogens (primary N) is 1. The van der Waals surface area contributed by atoms with Gasteiger partial charge < -0.3 is 5.73 Å². The van der Waals surface area contributed by atoms with E-state index in [9.17, 15) is 0 Å². The quantitative estimate of drug-likeness (QED) is 0.910. The summed E-state index contributed by atoms with van der Waals surface area (Å²) in [5.41, 5.74) is 7.79. The molecular formula is C12H19BrN2S. The summed E-state index contributed by atoms with van der Waals surface area (Å²) in [6, 6.07) is 2.56. The molecule has 1 aliphatic heterocycles. The van der Waals surface area contributed by atoms with Crippen LogP contribution in [0.2, 0.25) is 0 Å². The van der Waals surface area contributed by atoms with E-state index in [1.165, 1.54) is 9.35 Å². The van der Waals surface area contributed by atoms with Gasteiger partial charge in [-0.2, -0.15) is 0 Å². The third-order valence-electron chi connectivity index (χ3n) is 3.42. The topological polar surface area (TPSA) is 29.3 Å². The Bertz CT molecular complexity index is 362. The van der Waals surface area contributed by atoms with Crippen molar-refractivity contribution >= 4 is 27.3 Å². The van der Waals surface area contributed by atoms with E-state index in [4.69, 9.17) is 5.73 Å². The first-order valence-electron chi connectivity index (χ1n) is 5.68. The summed E-state index contributed by atoms with van der Waals surface area (Å²) < 4.78 is 1.22. The van der Waals surface area contributed by atoms with Crippen LogP contribution < -0.4 is 5.73 Å². The monoisotopic (exact) mass is 302 g/mol. The van der Waals surface area contributed by atoms with Gasteiger partial charge in [0.15, 0.2) is 0 Å². The minimum atomic E-state index is 0.242. The predicted octanol–water partition coefficient (Wildman–Crippen LogP) is 3.07. The van der Waals surface area contributed by atoms with Gasteiger partial charge in [-0.05, 0) is 44.8 Å². The molecule has 2 rings (SSSR count).